The van der Waals surface area contributed by atoms with Gasteiger partial charge in [0.15, 0.2) is 0 Å². The van der Waals surface area contributed by atoms with Crippen molar-refractivity contribution in [3.05, 3.63) is 18.0 Å². The molecule has 0 saturated carbocycles. The Bertz CT molecular complexity index is 260. The second-order valence-electron chi connectivity index (χ2n) is 3.07. The van der Waals surface area contributed by atoms with Crippen LogP contribution in [-0.4, -0.2) is 28.1 Å². The molecule has 1 rings (SSSR count). The number of aliphatic hydroxyl groups excluding tert-OH is 1. The van der Waals surface area contributed by atoms with Crippen LogP contribution < -0.4 is 0 Å². The lowest BCUT2D eigenvalue weighted by Crippen LogP contribution is -2.10. The van der Waals surface area contributed by atoms with Gasteiger partial charge in [-0.25, -0.2) is 0 Å². The molecular weight excluding hydrogens is 180 g/mol. The van der Waals surface area contributed by atoms with Crippen molar-refractivity contribution in [2.24, 2.45) is 0 Å². The Morgan fingerprint density at radius 1 is 1.57 bits per heavy atom. The van der Waals surface area contributed by atoms with Crippen molar-refractivity contribution in [3.63, 3.8) is 0 Å². The molecule has 0 radical (unpaired) electrons. The largest absolute Gasteiger partial charge is 0.387 e. The van der Waals surface area contributed by atoms with Gasteiger partial charge in [0.05, 0.1) is 11.8 Å². The van der Waals surface area contributed by atoms with E-state index in [1.165, 1.54) is 0 Å². The number of rotatable bonds is 6. The average molecular weight is 198 g/mol. The van der Waals surface area contributed by atoms with Gasteiger partial charge in [-0.3, -0.25) is 4.68 Å². The van der Waals surface area contributed by atoms with Gasteiger partial charge in [-0.1, -0.05) is 0 Å². The van der Waals surface area contributed by atoms with Gasteiger partial charge in [0, 0.05) is 32.4 Å². The highest BCUT2D eigenvalue weighted by molar-refractivity contribution is 5.04. The summed E-state index contributed by atoms with van der Waals surface area (Å²) in [4.78, 5) is 0. The Hall–Kier alpha value is -0.870. The predicted octanol–water partition coefficient (Wildman–Crippen LogP) is 1.36. The third-order valence-corrected chi connectivity index (χ3v) is 2.13. The fourth-order valence-corrected chi connectivity index (χ4v) is 1.38. The Labute approximate surface area is 84.5 Å². The van der Waals surface area contributed by atoms with Gasteiger partial charge in [0.1, 0.15) is 0 Å². The van der Waals surface area contributed by atoms with Crippen molar-refractivity contribution in [2.45, 2.75) is 32.9 Å². The van der Waals surface area contributed by atoms with Crippen LogP contribution in [0, 0.1) is 0 Å². The maximum atomic E-state index is 9.81. The molecule has 0 bridgehead atoms. The van der Waals surface area contributed by atoms with E-state index in [1.807, 2.05) is 19.9 Å². The van der Waals surface area contributed by atoms with Gasteiger partial charge in [0.25, 0.3) is 0 Å². The Morgan fingerprint density at radius 2 is 2.36 bits per heavy atom. The van der Waals surface area contributed by atoms with Gasteiger partial charge in [-0.05, 0) is 19.9 Å². The van der Waals surface area contributed by atoms with Crippen molar-refractivity contribution in [1.29, 1.82) is 0 Å². The van der Waals surface area contributed by atoms with Crippen molar-refractivity contribution in [2.75, 3.05) is 13.2 Å². The summed E-state index contributed by atoms with van der Waals surface area (Å²) in [5.74, 6) is 0. The highest BCUT2D eigenvalue weighted by Gasteiger charge is 2.11. The van der Waals surface area contributed by atoms with Crippen molar-refractivity contribution < 1.29 is 9.84 Å². The van der Waals surface area contributed by atoms with E-state index in [1.54, 1.807) is 10.9 Å². The molecule has 14 heavy (non-hydrogen) atoms. The van der Waals surface area contributed by atoms with Crippen LogP contribution in [0.4, 0.5) is 0 Å². The van der Waals surface area contributed by atoms with Crippen LogP contribution in [0.3, 0.4) is 0 Å². The molecule has 1 unspecified atom stereocenters. The highest BCUT2D eigenvalue weighted by atomic mass is 16.5. The minimum absolute atomic E-state index is 0.469. The molecule has 1 atom stereocenters. The number of hydrogen-bond donors (Lipinski definition) is 1. The molecule has 0 aliphatic heterocycles. The lowest BCUT2D eigenvalue weighted by atomic mass is 10.2. The molecule has 1 heterocycles. The summed E-state index contributed by atoms with van der Waals surface area (Å²) in [7, 11) is 0. The number of aliphatic hydroxyl groups is 1. The van der Waals surface area contributed by atoms with Crippen LogP contribution in [0.1, 0.15) is 32.1 Å². The van der Waals surface area contributed by atoms with E-state index in [4.69, 9.17) is 4.74 Å². The quantitative estimate of drug-likeness (QED) is 0.702. The van der Waals surface area contributed by atoms with Gasteiger partial charge < -0.3 is 9.84 Å². The molecule has 4 nitrogen and oxygen atoms in total. The predicted molar refractivity (Wildman–Crippen MR) is 54.0 cm³/mol. The highest BCUT2D eigenvalue weighted by Crippen LogP contribution is 2.15. The van der Waals surface area contributed by atoms with Crippen LogP contribution in [0.5, 0.6) is 0 Å². The van der Waals surface area contributed by atoms with Gasteiger partial charge in [-0.15, -0.1) is 0 Å². The van der Waals surface area contributed by atoms with E-state index in [0.29, 0.717) is 19.6 Å². The SMILES string of the molecule is CCOCCC(O)c1ccnn1CC. The molecule has 1 aromatic rings. The van der Waals surface area contributed by atoms with Crippen molar-refractivity contribution >= 4 is 0 Å². The average Bonchev–Trinajstić information content (AvgIpc) is 2.65. The zero-order chi connectivity index (χ0) is 10.4. The summed E-state index contributed by atoms with van der Waals surface area (Å²) in [6.45, 7) is 6.02. The first-order valence-corrected chi connectivity index (χ1v) is 5.07. The summed E-state index contributed by atoms with van der Waals surface area (Å²) >= 11 is 0. The summed E-state index contributed by atoms with van der Waals surface area (Å²) in [5, 5.41) is 13.9. The van der Waals surface area contributed by atoms with Crippen molar-refractivity contribution in [3.8, 4) is 0 Å². The van der Waals surface area contributed by atoms with E-state index in [9.17, 15) is 5.11 Å². The second-order valence-corrected chi connectivity index (χ2v) is 3.07. The minimum atomic E-state index is -0.469. The zero-order valence-electron chi connectivity index (χ0n) is 8.81. The first kappa shape index (κ1) is 11.2. The van der Waals surface area contributed by atoms with Gasteiger partial charge >= 0.3 is 0 Å². The summed E-state index contributed by atoms with van der Waals surface area (Å²) in [6.07, 6.45) is 1.87. The van der Waals surface area contributed by atoms with E-state index < -0.39 is 6.10 Å². The Balaban J connectivity index is 2.47. The first-order chi connectivity index (χ1) is 6.79. The molecule has 1 N–H and O–H groups in total. The summed E-state index contributed by atoms with van der Waals surface area (Å²) < 4.78 is 6.99. The fourth-order valence-electron chi connectivity index (χ4n) is 1.38. The molecule has 0 amide bonds. The molecule has 1 aromatic heterocycles. The third-order valence-electron chi connectivity index (χ3n) is 2.13. The maximum absolute atomic E-state index is 9.81. The molecule has 0 aliphatic rings. The maximum Gasteiger partial charge on any atom is 0.0978 e. The van der Waals surface area contributed by atoms with E-state index in [0.717, 1.165) is 12.2 Å². The fraction of sp³-hybridized carbons (Fsp3) is 0.700. The van der Waals surface area contributed by atoms with E-state index >= 15 is 0 Å². The number of ether oxygens (including phenoxy) is 1. The number of aromatic nitrogens is 2. The van der Waals surface area contributed by atoms with Crippen LogP contribution in [0.25, 0.3) is 0 Å². The van der Waals surface area contributed by atoms with E-state index in [-0.39, 0.29) is 0 Å². The van der Waals surface area contributed by atoms with Gasteiger partial charge in [0.2, 0.25) is 0 Å². The van der Waals surface area contributed by atoms with Gasteiger partial charge in [-0.2, -0.15) is 5.10 Å². The molecule has 0 saturated heterocycles. The number of nitrogens with zero attached hydrogens (tertiary/aromatic N) is 2. The number of aryl methyl sites for hydroxylation is 1. The molecule has 0 aliphatic carbocycles. The Kier molecular flexibility index (Phi) is 4.62. The minimum Gasteiger partial charge on any atom is -0.387 e. The molecule has 0 spiro atoms. The Morgan fingerprint density at radius 3 is 3.00 bits per heavy atom. The smallest absolute Gasteiger partial charge is 0.0978 e. The van der Waals surface area contributed by atoms with Crippen LogP contribution in [-0.2, 0) is 11.3 Å². The lowest BCUT2D eigenvalue weighted by molar-refractivity contribution is 0.0842. The van der Waals surface area contributed by atoms with Crippen LogP contribution in [0.15, 0.2) is 12.3 Å². The normalized spacial score (nSPS) is 13.1. The number of hydrogen-bond acceptors (Lipinski definition) is 3. The third kappa shape index (κ3) is 2.82. The first-order valence-electron chi connectivity index (χ1n) is 5.07. The lowest BCUT2D eigenvalue weighted by Gasteiger charge is -2.11. The van der Waals surface area contributed by atoms with Crippen molar-refractivity contribution in [1.82, 2.24) is 9.78 Å². The molecule has 0 fully saturated rings. The second kappa shape index (κ2) is 5.78. The zero-order valence-corrected chi connectivity index (χ0v) is 8.81. The molecule has 80 valence electrons. The van der Waals surface area contributed by atoms with Crippen LogP contribution >= 0.6 is 0 Å². The summed E-state index contributed by atoms with van der Waals surface area (Å²) in [6, 6.07) is 1.85. The van der Waals surface area contributed by atoms with Crippen LogP contribution in [0.2, 0.25) is 0 Å². The molecule has 0 aromatic carbocycles. The summed E-state index contributed by atoms with van der Waals surface area (Å²) in [5.41, 5.74) is 0.868. The standard InChI is InChI=1S/C10H18N2O2/c1-3-12-9(5-7-11-12)10(13)6-8-14-4-2/h5,7,10,13H,3-4,6,8H2,1-2H3. The topological polar surface area (TPSA) is 47.3 Å². The molecular formula is C10H18N2O2. The monoisotopic (exact) mass is 198 g/mol. The molecule has 4 heteroatoms. The van der Waals surface area contributed by atoms with E-state index in [2.05, 4.69) is 5.10 Å².